The van der Waals surface area contributed by atoms with Gasteiger partial charge in [-0.1, -0.05) is 139 Å². The van der Waals surface area contributed by atoms with Crippen LogP contribution in [0.25, 0.3) is 0 Å². The first kappa shape index (κ1) is 21.9. The monoisotopic (exact) mass is 480 g/mol. The highest BCUT2D eigenvalue weighted by Crippen LogP contribution is 2.89. The standard InChI is InChI=1S/C37H36/c1-32(2,3)23-20-21-30-31(22-23)36(7)29-19-13-12-18-28(29)34(5)25-15-9-8-14-24(25)33(4)26-16-10-11-17-27(26)35(30,6)37(33,34)36/h8-22H,1-7H3. The fourth-order valence-electron chi connectivity index (χ4n) is 11.1. The second-order valence-corrected chi connectivity index (χ2v) is 13.9. The van der Waals surface area contributed by atoms with E-state index in [1.807, 2.05) is 0 Å². The summed E-state index contributed by atoms with van der Waals surface area (Å²) in [7, 11) is 0. The van der Waals surface area contributed by atoms with Gasteiger partial charge in [0.2, 0.25) is 0 Å². The molecule has 4 aliphatic carbocycles. The van der Waals surface area contributed by atoms with Crippen LogP contribution in [0.4, 0.5) is 0 Å². The summed E-state index contributed by atoms with van der Waals surface area (Å²) < 4.78 is 0. The van der Waals surface area contributed by atoms with Crippen LogP contribution < -0.4 is 0 Å². The second kappa shape index (κ2) is 5.96. The van der Waals surface area contributed by atoms with Crippen LogP contribution in [0.3, 0.4) is 0 Å². The van der Waals surface area contributed by atoms with Crippen molar-refractivity contribution in [1.29, 1.82) is 0 Å². The first-order chi connectivity index (χ1) is 17.5. The highest BCUT2D eigenvalue weighted by molar-refractivity contribution is 5.83. The Morgan fingerprint density at radius 2 is 0.703 bits per heavy atom. The molecular formula is C37H36. The van der Waals surface area contributed by atoms with Crippen LogP contribution in [0.1, 0.15) is 98.5 Å². The highest BCUT2D eigenvalue weighted by atomic mass is 14.9. The Labute approximate surface area is 221 Å². The molecule has 0 saturated heterocycles. The number of benzene rings is 4. The Morgan fingerprint density at radius 3 is 1.03 bits per heavy atom. The van der Waals surface area contributed by atoms with Gasteiger partial charge in [0, 0.05) is 27.1 Å². The predicted molar refractivity (Wildman–Crippen MR) is 153 cm³/mol. The summed E-state index contributed by atoms with van der Waals surface area (Å²) in [5.74, 6) is 0. The second-order valence-electron chi connectivity index (χ2n) is 13.9. The summed E-state index contributed by atoms with van der Waals surface area (Å²) >= 11 is 0. The summed E-state index contributed by atoms with van der Waals surface area (Å²) in [6.07, 6.45) is 0. The zero-order valence-electron chi connectivity index (χ0n) is 23.2. The number of rotatable bonds is 0. The van der Waals surface area contributed by atoms with Crippen LogP contribution in [0.2, 0.25) is 0 Å². The van der Waals surface area contributed by atoms with Crippen molar-refractivity contribution in [2.24, 2.45) is 5.41 Å². The molecule has 0 aromatic heterocycles. The van der Waals surface area contributed by atoms with Gasteiger partial charge >= 0.3 is 0 Å². The molecule has 4 aliphatic rings. The Kier molecular flexibility index (Phi) is 3.53. The van der Waals surface area contributed by atoms with E-state index in [0.717, 1.165) is 0 Å². The summed E-state index contributed by atoms with van der Waals surface area (Å²) in [6, 6.07) is 35.9. The van der Waals surface area contributed by atoms with Crippen molar-refractivity contribution in [3.8, 4) is 0 Å². The first-order valence-corrected chi connectivity index (χ1v) is 14.0. The molecule has 0 fully saturated rings. The smallest absolute Gasteiger partial charge is 0.0272 e. The third-order valence-electron chi connectivity index (χ3n) is 12.0. The van der Waals surface area contributed by atoms with E-state index in [-0.39, 0.29) is 32.5 Å². The molecule has 0 bridgehead atoms. The van der Waals surface area contributed by atoms with Gasteiger partial charge in [-0.2, -0.15) is 0 Å². The third kappa shape index (κ3) is 1.78. The van der Waals surface area contributed by atoms with Crippen molar-refractivity contribution in [1.82, 2.24) is 0 Å². The topological polar surface area (TPSA) is 0 Å². The molecule has 0 saturated carbocycles. The Balaban J connectivity index is 1.67. The molecule has 5 unspecified atom stereocenters. The molecule has 0 amide bonds. The van der Waals surface area contributed by atoms with Gasteiger partial charge in [-0.15, -0.1) is 0 Å². The molecule has 4 aromatic carbocycles. The number of fused-ring (bicyclic) bond motifs is 12. The molecule has 0 N–H and O–H groups in total. The lowest BCUT2D eigenvalue weighted by Gasteiger charge is -2.57. The average molecular weight is 481 g/mol. The summed E-state index contributed by atoms with van der Waals surface area (Å²) in [6.45, 7) is 17.5. The molecule has 0 radical (unpaired) electrons. The minimum absolute atomic E-state index is 0.100. The van der Waals surface area contributed by atoms with E-state index in [1.165, 1.54) is 44.5 Å². The maximum absolute atomic E-state index is 2.61. The molecule has 0 nitrogen and oxygen atoms in total. The lowest BCUT2D eigenvalue weighted by atomic mass is 9.43. The molecule has 0 heteroatoms. The third-order valence-corrected chi connectivity index (χ3v) is 12.0. The highest BCUT2D eigenvalue weighted by Gasteiger charge is 2.88. The Bertz CT molecular complexity index is 1650. The van der Waals surface area contributed by atoms with Crippen LogP contribution in [-0.2, 0) is 27.1 Å². The maximum atomic E-state index is 2.61. The van der Waals surface area contributed by atoms with Crippen LogP contribution >= 0.6 is 0 Å². The van der Waals surface area contributed by atoms with Gasteiger partial charge in [-0.05, 0) is 55.5 Å². The molecule has 5 atom stereocenters. The SMILES string of the molecule is CC(C)(C)c1ccc2c(c1)C1(C)c3ccccc3C3(C)c4ccccc4C4(C)c5ccccc5C2(C)C431. The molecule has 37 heavy (non-hydrogen) atoms. The molecule has 184 valence electrons. The summed E-state index contributed by atoms with van der Waals surface area (Å²) in [5.41, 5.74) is 13.2. The van der Waals surface area contributed by atoms with E-state index < -0.39 is 0 Å². The molecule has 8 rings (SSSR count). The summed E-state index contributed by atoms with van der Waals surface area (Å²) in [5, 5.41) is 0. The minimum Gasteiger partial charge on any atom is -0.0619 e. The van der Waals surface area contributed by atoms with Crippen LogP contribution in [0.15, 0.2) is 91.0 Å². The quantitative estimate of drug-likeness (QED) is 0.236. The minimum atomic E-state index is -0.142. The Hall–Kier alpha value is -3.12. The van der Waals surface area contributed by atoms with E-state index in [0.29, 0.717) is 0 Å². The average Bonchev–Trinajstić information content (AvgIpc) is 3.38. The van der Waals surface area contributed by atoms with E-state index in [1.54, 1.807) is 5.56 Å². The van der Waals surface area contributed by atoms with Gasteiger partial charge in [-0.3, -0.25) is 0 Å². The van der Waals surface area contributed by atoms with E-state index >= 15 is 0 Å². The zero-order chi connectivity index (χ0) is 25.8. The number of hydrogen-bond acceptors (Lipinski definition) is 0. The molecule has 4 aromatic rings. The van der Waals surface area contributed by atoms with Gasteiger partial charge in [0.1, 0.15) is 0 Å². The van der Waals surface area contributed by atoms with Gasteiger partial charge < -0.3 is 0 Å². The predicted octanol–water partition coefficient (Wildman–Crippen LogP) is 8.55. The van der Waals surface area contributed by atoms with E-state index in [4.69, 9.17) is 0 Å². The lowest BCUT2D eigenvalue weighted by molar-refractivity contribution is 0.0253. The Morgan fingerprint density at radius 1 is 0.405 bits per heavy atom. The van der Waals surface area contributed by atoms with Crippen LogP contribution in [0, 0.1) is 5.41 Å². The van der Waals surface area contributed by atoms with E-state index in [9.17, 15) is 0 Å². The maximum Gasteiger partial charge on any atom is 0.0272 e. The largest absolute Gasteiger partial charge is 0.0619 e. The van der Waals surface area contributed by atoms with Crippen molar-refractivity contribution in [3.05, 3.63) is 141 Å². The van der Waals surface area contributed by atoms with Crippen molar-refractivity contribution in [2.75, 3.05) is 0 Å². The molecule has 0 heterocycles. The zero-order valence-corrected chi connectivity index (χ0v) is 23.2. The normalized spacial score (nSPS) is 35.4. The van der Waals surface area contributed by atoms with E-state index in [2.05, 4.69) is 139 Å². The van der Waals surface area contributed by atoms with Crippen molar-refractivity contribution in [3.63, 3.8) is 0 Å². The molecule has 0 aliphatic heterocycles. The van der Waals surface area contributed by atoms with Crippen molar-refractivity contribution < 1.29 is 0 Å². The summed E-state index contributed by atoms with van der Waals surface area (Å²) in [4.78, 5) is 0. The van der Waals surface area contributed by atoms with Crippen molar-refractivity contribution in [2.45, 2.75) is 75.5 Å². The van der Waals surface area contributed by atoms with Crippen LogP contribution in [-0.4, -0.2) is 0 Å². The van der Waals surface area contributed by atoms with Crippen LogP contribution in [0.5, 0.6) is 0 Å². The van der Waals surface area contributed by atoms with Gasteiger partial charge in [0.05, 0.1) is 0 Å². The molecular weight excluding hydrogens is 444 g/mol. The fraction of sp³-hybridized carbons (Fsp3) is 0.351. The first-order valence-electron chi connectivity index (χ1n) is 14.0. The van der Waals surface area contributed by atoms with Gasteiger partial charge in [0.25, 0.3) is 0 Å². The lowest BCUT2D eigenvalue weighted by Crippen LogP contribution is -2.60. The molecule has 1 spiro atoms. The fourth-order valence-corrected chi connectivity index (χ4v) is 11.1. The number of hydrogen-bond donors (Lipinski definition) is 0. The van der Waals surface area contributed by atoms with Gasteiger partial charge in [-0.25, -0.2) is 0 Å². The van der Waals surface area contributed by atoms with Gasteiger partial charge in [0.15, 0.2) is 0 Å². The van der Waals surface area contributed by atoms with Crippen molar-refractivity contribution >= 4 is 0 Å².